The van der Waals surface area contributed by atoms with E-state index in [1.165, 1.54) is 54.7 Å². The van der Waals surface area contributed by atoms with Crippen LogP contribution in [0.3, 0.4) is 0 Å². The van der Waals surface area contributed by atoms with Gasteiger partial charge in [0, 0.05) is 16.9 Å². The van der Waals surface area contributed by atoms with Crippen LogP contribution in [0.15, 0.2) is 77.9 Å². The molecule has 0 aliphatic rings. The van der Waals surface area contributed by atoms with Crippen molar-refractivity contribution in [2.75, 3.05) is 16.1 Å². The van der Waals surface area contributed by atoms with Gasteiger partial charge in [-0.3, -0.25) is 0 Å². The Kier molecular flexibility index (Phi) is 6.12. The van der Waals surface area contributed by atoms with Crippen LogP contribution in [0.25, 0.3) is 0 Å². The van der Waals surface area contributed by atoms with Crippen LogP contribution < -0.4 is 16.1 Å². The van der Waals surface area contributed by atoms with E-state index >= 15 is 0 Å². The van der Waals surface area contributed by atoms with Gasteiger partial charge >= 0.3 is 0 Å². The van der Waals surface area contributed by atoms with Crippen molar-refractivity contribution in [3.63, 3.8) is 0 Å². The third-order valence-corrected chi connectivity index (χ3v) is 4.14. The summed E-state index contributed by atoms with van der Waals surface area (Å²) in [7, 11) is 0. The fourth-order valence-corrected chi connectivity index (χ4v) is 2.62. The van der Waals surface area contributed by atoms with Gasteiger partial charge in [-0.1, -0.05) is 12.1 Å². The molecule has 1 aromatic heterocycles. The number of anilines is 5. The number of aromatic nitrogens is 3. The molecule has 0 spiro atoms. The summed E-state index contributed by atoms with van der Waals surface area (Å²) < 4.78 is 26.4. The average Bonchev–Trinajstić information content (AvgIpc) is 2.78. The van der Waals surface area contributed by atoms with E-state index in [0.717, 1.165) is 0 Å². The number of para-hydroxylation sites is 1. The molecule has 8 nitrogen and oxygen atoms in total. The molecule has 1 heterocycles. The summed E-state index contributed by atoms with van der Waals surface area (Å²) in [5, 5.41) is 19.8. The maximum atomic E-state index is 13.2. The van der Waals surface area contributed by atoms with Crippen molar-refractivity contribution in [1.29, 1.82) is 0 Å². The number of halogens is 2. The predicted octanol–water partition coefficient (Wildman–Crippen LogP) is 4.79. The third kappa shape index (κ3) is 5.51. The van der Waals surface area contributed by atoms with Crippen LogP contribution in [0.5, 0.6) is 5.75 Å². The highest BCUT2D eigenvalue weighted by Crippen LogP contribution is 2.19. The molecule has 0 fully saturated rings. The van der Waals surface area contributed by atoms with Crippen LogP contribution in [0.2, 0.25) is 0 Å². The lowest BCUT2D eigenvalue weighted by atomic mass is 10.2. The largest absolute Gasteiger partial charge is 0.507 e. The smallest absolute Gasteiger partial charge is 0.250 e. The summed E-state index contributed by atoms with van der Waals surface area (Å²) in [6, 6.07) is 18.1. The van der Waals surface area contributed by atoms with Gasteiger partial charge in [0.05, 0.1) is 6.21 Å². The van der Waals surface area contributed by atoms with Crippen molar-refractivity contribution >= 4 is 35.4 Å². The lowest BCUT2D eigenvalue weighted by molar-refractivity contribution is 0.474. The standard InChI is InChI=1S/C22H17F2N7O/c23-15-5-9-17(10-6-15)26-20-28-21(27-18-11-7-16(24)8-12-18)30-22(29-20)31-25-13-14-3-1-2-4-19(14)32/h1-13,32H,(H3,26,27,28,29,30,31)/b25-13-. The highest BCUT2D eigenvalue weighted by Gasteiger charge is 2.08. The molecule has 0 saturated carbocycles. The summed E-state index contributed by atoms with van der Waals surface area (Å²) in [5.74, 6) is -0.240. The Hall–Kier alpha value is -4.60. The number of nitrogens with one attached hydrogen (secondary N) is 3. The van der Waals surface area contributed by atoms with E-state index in [1.807, 2.05) is 0 Å². The summed E-state index contributed by atoms with van der Waals surface area (Å²) in [5.41, 5.74) is 4.32. The summed E-state index contributed by atoms with van der Waals surface area (Å²) in [6.45, 7) is 0. The molecule has 0 unspecified atom stereocenters. The maximum absolute atomic E-state index is 13.2. The molecular formula is C22H17F2N7O. The van der Waals surface area contributed by atoms with E-state index in [1.54, 1.807) is 24.3 Å². The van der Waals surface area contributed by atoms with Gasteiger partial charge in [0.15, 0.2) is 0 Å². The van der Waals surface area contributed by atoms with Gasteiger partial charge in [-0.05, 0) is 60.7 Å². The third-order valence-electron chi connectivity index (χ3n) is 4.14. The maximum Gasteiger partial charge on any atom is 0.250 e. The Morgan fingerprint density at radius 2 is 1.19 bits per heavy atom. The summed E-state index contributed by atoms with van der Waals surface area (Å²) >= 11 is 0. The summed E-state index contributed by atoms with van der Waals surface area (Å²) in [6.07, 6.45) is 1.42. The molecule has 32 heavy (non-hydrogen) atoms. The van der Waals surface area contributed by atoms with E-state index in [9.17, 15) is 13.9 Å². The van der Waals surface area contributed by atoms with Crippen molar-refractivity contribution in [3.8, 4) is 5.75 Å². The second-order valence-corrected chi connectivity index (χ2v) is 6.50. The number of rotatable bonds is 7. The molecule has 0 bridgehead atoms. The zero-order valence-corrected chi connectivity index (χ0v) is 16.5. The lowest BCUT2D eigenvalue weighted by Gasteiger charge is -2.10. The zero-order chi connectivity index (χ0) is 22.3. The Morgan fingerprint density at radius 3 is 1.72 bits per heavy atom. The van der Waals surface area contributed by atoms with Gasteiger partial charge in [-0.2, -0.15) is 20.1 Å². The van der Waals surface area contributed by atoms with Gasteiger partial charge < -0.3 is 15.7 Å². The predicted molar refractivity (Wildman–Crippen MR) is 119 cm³/mol. The quantitative estimate of drug-likeness (QED) is 0.245. The number of aromatic hydroxyl groups is 1. The first-order chi connectivity index (χ1) is 15.5. The lowest BCUT2D eigenvalue weighted by Crippen LogP contribution is -2.07. The van der Waals surface area contributed by atoms with Crippen molar-refractivity contribution in [2.24, 2.45) is 5.10 Å². The van der Waals surface area contributed by atoms with Gasteiger partial charge in [0.2, 0.25) is 17.8 Å². The molecule has 4 aromatic rings. The molecule has 4 N–H and O–H groups in total. The number of hydrogen-bond donors (Lipinski definition) is 4. The number of phenols is 1. The molecule has 0 amide bonds. The average molecular weight is 433 g/mol. The minimum absolute atomic E-state index is 0.0750. The van der Waals surface area contributed by atoms with Crippen molar-refractivity contribution in [2.45, 2.75) is 0 Å². The number of benzene rings is 3. The van der Waals surface area contributed by atoms with Crippen molar-refractivity contribution in [3.05, 3.63) is 90.0 Å². The Bertz CT molecular complexity index is 1170. The fraction of sp³-hybridized carbons (Fsp3) is 0. The molecule has 10 heteroatoms. The van der Waals surface area contributed by atoms with E-state index in [4.69, 9.17) is 0 Å². The van der Waals surface area contributed by atoms with E-state index in [-0.39, 0.29) is 35.2 Å². The number of nitrogens with zero attached hydrogens (tertiary/aromatic N) is 4. The van der Waals surface area contributed by atoms with E-state index in [2.05, 4.69) is 36.1 Å². The minimum Gasteiger partial charge on any atom is -0.507 e. The highest BCUT2D eigenvalue weighted by atomic mass is 19.1. The molecule has 160 valence electrons. The van der Waals surface area contributed by atoms with Crippen LogP contribution in [-0.4, -0.2) is 26.3 Å². The first-order valence-corrected chi connectivity index (χ1v) is 9.43. The molecule has 0 aliphatic carbocycles. The molecular weight excluding hydrogens is 416 g/mol. The molecule has 0 aliphatic heterocycles. The van der Waals surface area contributed by atoms with Crippen molar-refractivity contribution in [1.82, 2.24) is 15.0 Å². The second kappa shape index (κ2) is 9.47. The molecule has 0 radical (unpaired) electrons. The zero-order valence-electron chi connectivity index (χ0n) is 16.5. The van der Waals surface area contributed by atoms with Gasteiger partial charge in [-0.25, -0.2) is 14.2 Å². The van der Waals surface area contributed by atoms with Crippen LogP contribution in [0.1, 0.15) is 5.56 Å². The molecule has 0 atom stereocenters. The fourth-order valence-electron chi connectivity index (χ4n) is 2.62. The summed E-state index contributed by atoms with van der Waals surface area (Å²) in [4.78, 5) is 12.8. The second-order valence-electron chi connectivity index (χ2n) is 6.50. The first-order valence-electron chi connectivity index (χ1n) is 9.43. The topological polar surface area (TPSA) is 107 Å². The monoisotopic (exact) mass is 433 g/mol. The molecule has 4 rings (SSSR count). The van der Waals surface area contributed by atoms with Crippen LogP contribution in [-0.2, 0) is 0 Å². The van der Waals surface area contributed by atoms with Gasteiger partial charge in [0.25, 0.3) is 0 Å². The van der Waals surface area contributed by atoms with E-state index < -0.39 is 0 Å². The van der Waals surface area contributed by atoms with Gasteiger partial charge in [0.1, 0.15) is 17.4 Å². The van der Waals surface area contributed by atoms with Crippen molar-refractivity contribution < 1.29 is 13.9 Å². The Balaban J connectivity index is 1.59. The number of phenolic OH excluding ortho intramolecular Hbond substituents is 1. The van der Waals surface area contributed by atoms with E-state index in [0.29, 0.717) is 16.9 Å². The molecule has 0 saturated heterocycles. The molecule has 3 aromatic carbocycles. The number of hydrazone groups is 1. The van der Waals surface area contributed by atoms with Crippen LogP contribution in [0.4, 0.5) is 38.0 Å². The highest BCUT2D eigenvalue weighted by molar-refractivity contribution is 5.83. The normalized spacial score (nSPS) is 10.8. The van der Waals surface area contributed by atoms with Crippen LogP contribution >= 0.6 is 0 Å². The Labute approximate surface area is 181 Å². The number of hydrogen-bond acceptors (Lipinski definition) is 8. The van der Waals surface area contributed by atoms with Gasteiger partial charge in [-0.15, -0.1) is 0 Å². The minimum atomic E-state index is -0.370. The van der Waals surface area contributed by atoms with Crippen LogP contribution in [0, 0.1) is 11.6 Å². The first kappa shape index (κ1) is 20.7. The Morgan fingerprint density at radius 1 is 0.688 bits per heavy atom. The SMILES string of the molecule is Oc1ccccc1/C=N\Nc1nc(Nc2ccc(F)cc2)nc(Nc2ccc(F)cc2)n1.